The summed E-state index contributed by atoms with van der Waals surface area (Å²) in [5.41, 5.74) is 2.83. The molecule has 1 amide bonds. The fraction of sp³-hybridized carbons (Fsp3) is 0.480. The average molecular weight is 501 g/mol. The minimum absolute atomic E-state index is 0.0689. The van der Waals surface area contributed by atoms with Gasteiger partial charge in [0.25, 0.3) is 0 Å². The first kappa shape index (κ1) is 25.3. The van der Waals surface area contributed by atoms with Crippen molar-refractivity contribution in [1.29, 1.82) is 0 Å². The highest BCUT2D eigenvalue weighted by atomic mass is 32.2. The van der Waals surface area contributed by atoms with Crippen molar-refractivity contribution in [1.82, 2.24) is 15.1 Å². The van der Waals surface area contributed by atoms with Gasteiger partial charge in [-0.1, -0.05) is 30.8 Å². The number of hydrogen-bond donors (Lipinski definition) is 1. The van der Waals surface area contributed by atoms with E-state index in [2.05, 4.69) is 10.2 Å². The van der Waals surface area contributed by atoms with E-state index in [-0.39, 0.29) is 12.3 Å². The van der Waals surface area contributed by atoms with Gasteiger partial charge in [-0.25, -0.2) is 9.79 Å². The van der Waals surface area contributed by atoms with Gasteiger partial charge >= 0.3 is 5.97 Å². The fourth-order valence-corrected chi connectivity index (χ4v) is 5.38. The number of aliphatic imine (C=N–C) groups is 1. The monoisotopic (exact) mass is 500 g/mol. The second-order valence-corrected chi connectivity index (χ2v) is 9.19. The van der Waals surface area contributed by atoms with Gasteiger partial charge in [0.1, 0.15) is 5.75 Å². The first-order valence-corrected chi connectivity index (χ1v) is 12.7. The van der Waals surface area contributed by atoms with E-state index in [1.165, 1.54) is 18.9 Å². The van der Waals surface area contributed by atoms with Crippen LogP contribution >= 0.6 is 11.8 Å². The number of amidine groups is 1. The number of fused-ring (bicyclic) bond motifs is 1. The van der Waals surface area contributed by atoms with Crippen molar-refractivity contribution in [2.75, 3.05) is 53.6 Å². The lowest BCUT2D eigenvalue weighted by atomic mass is 9.92. The maximum Gasteiger partial charge on any atom is 0.338 e. The van der Waals surface area contributed by atoms with Crippen LogP contribution in [0.3, 0.4) is 0 Å². The Morgan fingerprint density at radius 1 is 1.26 bits per heavy atom. The van der Waals surface area contributed by atoms with E-state index in [0.717, 1.165) is 49.3 Å². The van der Waals surface area contributed by atoms with E-state index in [9.17, 15) is 9.59 Å². The molecule has 188 valence electrons. The third-order valence-corrected chi connectivity index (χ3v) is 7.12. The van der Waals surface area contributed by atoms with Gasteiger partial charge in [0, 0.05) is 31.9 Å². The molecule has 9 nitrogen and oxygen atoms in total. The van der Waals surface area contributed by atoms with Gasteiger partial charge < -0.3 is 24.4 Å². The van der Waals surface area contributed by atoms with Gasteiger partial charge in [0.2, 0.25) is 5.91 Å². The summed E-state index contributed by atoms with van der Waals surface area (Å²) in [5, 5.41) is 5.72. The maximum absolute atomic E-state index is 13.0. The Morgan fingerprint density at radius 2 is 2.06 bits per heavy atom. The van der Waals surface area contributed by atoms with E-state index >= 15 is 0 Å². The predicted molar refractivity (Wildman–Crippen MR) is 135 cm³/mol. The van der Waals surface area contributed by atoms with E-state index < -0.39 is 12.0 Å². The normalized spacial score (nSPS) is 20.2. The molecule has 10 heteroatoms. The van der Waals surface area contributed by atoms with Gasteiger partial charge in [0.05, 0.1) is 51.2 Å². The lowest BCUT2D eigenvalue weighted by molar-refractivity contribution is -0.136. The summed E-state index contributed by atoms with van der Waals surface area (Å²) in [6.45, 7) is 6.57. The number of rotatable bonds is 9. The van der Waals surface area contributed by atoms with Crippen molar-refractivity contribution in [3.63, 3.8) is 0 Å². The quantitative estimate of drug-likeness (QED) is 0.518. The summed E-state index contributed by atoms with van der Waals surface area (Å²) in [7, 11) is 2.99. The second-order valence-electron chi connectivity index (χ2n) is 8.36. The summed E-state index contributed by atoms with van der Waals surface area (Å²) in [4.78, 5) is 34.8. The molecule has 1 aromatic rings. The molecule has 1 fully saturated rings. The minimum Gasteiger partial charge on any atom is -0.497 e. The number of allylic oxidation sites excluding steroid dienone is 1. The molecule has 0 spiro atoms. The Hall–Kier alpha value is -2.82. The molecule has 1 atom stereocenters. The molecule has 3 heterocycles. The molecular weight excluding hydrogens is 468 g/mol. The molecule has 4 rings (SSSR count). The number of methoxy groups -OCH3 is 2. The van der Waals surface area contributed by atoms with Crippen LogP contribution < -0.4 is 10.1 Å². The van der Waals surface area contributed by atoms with Crippen molar-refractivity contribution in [2.45, 2.75) is 25.8 Å². The number of nitrogens with zero attached hydrogens (tertiary/aromatic N) is 3. The number of hydrogen-bond acceptors (Lipinski definition) is 9. The third kappa shape index (κ3) is 5.71. The molecule has 1 N–H and O–H groups in total. The molecule has 1 saturated heterocycles. The smallest absolute Gasteiger partial charge is 0.338 e. The average Bonchev–Trinajstić information content (AvgIpc) is 3.29. The Balaban J connectivity index is 1.55. The van der Waals surface area contributed by atoms with Crippen molar-refractivity contribution in [3.8, 4) is 5.75 Å². The van der Waals surface area contributed by atoms with Gasteiger partial charge in [-0.05, 0) is 29.5 Å². The van der Waals surface area contributed by atoms with Crippen LogP contribution in [0.1, 0.15) is 31.4 Å². The number of carbonyl (C=O) groups excluding carboxylic acids is 2. The number of nitrogens with one attached hydrogen (secondary N) is 1. The van der Waals surface area contributed by atoms with Crippen molar-refractivity contribution in [2.24, 2.45) is 4.99 Å². The number of carbonyl (C=O) groups is 2. The van der Waals surface area contributed by atoms with Gasteiger partial charge in [-0.2, -0.15) is 0 Å². The van der Waals surface area contributed by atoms with Crippen LogP contribution in [0.15, 0.2) is 51.6 Å². The maximum atomic E-state index is 13.0. The summed E-state index contributed by atoms with van der Waals surface area (Å²) in [6.07, 6.45) is 0.770. The molecule has 0 unspecified atom stereocenters. The van der Waals surface area contributed by atoms with E-state index in [1.807, 2.05) is 41.5 Å². The highest BCUT2D eigenvalue weighted by Gasteiger charge is 2.41. The Bertz CT molecular complexity index is 1050. The van der Waals surface area contributed by atoms with Gasteiger partial charge in [-0.15, -0.1) is 0 Å². The fourth-order valence-electron chi connectivity index (χ4n) is 4.44. The second kappa shape index (κ2) is 11.7. The summed E-state index contributed by atoms with van der Waals surface area (Å²) >= 11 is 1.47. The zero-order valence-electron chi connectivity index (χ0n) is 20.4. The van der Waals surface area contributed by atoms with Crippen LogP contribution in [0.25, 0.3) is 0 Å². The number of benzene rings is 1. The lowest BCUT2D eigenvalue weighted by Gasteiger charge is -2.36. The predicted octanol–water partition coefficient (Wildman–Crippen LogP) is 2.67. The highest BCUT2D eigenvalue weighted by Crippen LogP contribution is 2.45. The highest BCUT2D eigenvalue weighted by molar-refractivity contribution is 8.16. The Morgan fingerprint density at radius 3 is 2.77 bits per heavy atom. The summed E-state index contributed by atoms with van der Waals surface area (Å²) < 4.78 is 16.0. The number of morpholine rings is 1. The molecule has 0 saturated carbocycles. The SMILES string of the molecule is CCC1=C(C(=O)OC)[C@H](c2cccc(OC)c2)N2C(CC(=O)NCCN3CCOCC3)=CSC2=N1. The van der Waals surface area contributed by atoms with Crippen LogP contribution in [-0.4, -0.2) is 80.5 Å². The number of amides is 1. The molecule has 0 aromatic heterocycles. The number of ether oxygens (including phenoxy) is 3. The standard InChI is InChI=1S/C25H32N4O5S/c1-4-20-22(24(31)33-3)23(17-6-5-7-19(14-17)32-2)29-18(16-35-25(29)27-20)15-21(30)26-8-9-28-10-12-34-13-11-28/h5-7,14,16,23H,4,8-13,15H2,1-3H3,(H,26,30)/t23-/m0/s1. The molecule has 0 bridgehead atoms. The zero-order valence-corrected chi connectivity index (χ0v) is 21.2. The summed E-state index contributed by atoms with van der Waals surface area (Å²) in [5.74, 6) is 0.191. The van der Waals surface area contributed by atoms with Crippen LogP contribution in [0.4, 0.5) is 0 Å². The van der Waals surface area contributed by atoms with Crippen molar-refractivity contribution < 1.29 is 23.8 Å². The summed E-state index contributed by atoms with van der Waals surface area (Å²) in [6, 6.07) is 7.15. The van der Waals surface area contributed by atoms with Crippen LogP contribution in [0, 0.1) is 0 Å². The van der Waals surface area contributed by atoms with Gasteiger partial charge in [0.15, 0.2) is 5.17 Å². The van der Waals surface area contributed by atoms with E-state index in [1.54, 1.807) is 7.11 Å². The molecule has 3 aliphatic heterocycles. The van der Waals surface area contributed by atoms with E-state index in [4.69, 9.17) is 19.2 Å². The molecule has 1 aromatic carbocycles. The van der Waals surface area contributed by atoms with Crippen LogP contribution in [-0.2, 0) is 19.1 Å². The molecule has 0 aliphatic carbocycles. The first-order valence-electron chi connectivity index (χ1n) is 11.8. The topological polar surface area (TPSA) is 92.7 Å². The molecule has 3 aliphatic rings. The molecular formula is C25H32N4O5S. The van der Waals surface area contributed by atoms with E-state index in [0.29, 0.717) is 30.0 Å². The minimum atomic E-state index is -0.470. The molecule has 35 heavy (non-hydrogen) atoms. The van der Waals surface area contributed by atoms with Gasteiger partial charge in [-0.3, -0.25) is 9.69 Å². The van der Waals surface area contributed by atoms with Crippen LogP contribution in [0.2, 0.25) is 0 Å². The third-order valence-electron chi connectivity index (χ3n) is 6.23. The Labute approximate surface area is 210 Å². The first-order chi connectivity index (χ1) is 17.0. The number of esters is 1. The lowest BCUT2D eigenvalue weighted by Crippen LogP contribution is -2.42. The Kier molecular flexibility index (Phi) is 8.48. The zero-order chi connectivity index (χ0) is 24.8. The van der Waals surface area contributed by atoms with Crippen molar-refractivity contribution in [3.05, 3.63) is 52.2 Å². The largest absolute Gasteiger partial charge is 0.497 e. The molecule has 0 radical (unpaired) electrons. The number of thioether (sulfide) groups is 1. The van der Waals surface area contributed by atoms with Crippen LogP contribution in [0.5, 0.6) is 5.75 Å². The van der Waals surface area contributed by atoms with Crippen molar-refractivity contribution >= 4 is 28.8 Å².